The molecule has 136 valence electrons. The molecule has 0 unspecified atom stereocenters. The van der Waals surface area contributed by atoms with Crippen molar-refractivity contribution in [1.82, 2.24) is 14.5 Å². The number of rotatable bonds is 3. The highest BCUT2D eigenvalue weighted by Crippen LogP contribution is 2.28. The molecule has 0 atom stereocenters. The van der Waals surface area contributed by atoms with Crippen LogP contribution >= 0.6 is 11.6 Å². The second-order valence-corrected chi connectivity index (χ2v) is 6.94. The van der Waals surface area contributed by atoms with E-state index in [9.17, 15) is 9.59 Å². The first-order valence-electron chi connectivity index (χ1n) is 8.57. The number of carbonyl (C=O) groups is 1. The van der Waals surface area contributed by atoms with Crippen LogP contribution in [0.25, 0.3) is 21.8 Å². The van der Waals surface area contributed by atoms with Gasteiger partial charge in [0.2, 0.25) is 0 Å². The Hall–Kier alpha value is -3.05. The number of halogens is 1. The van der Waals surface area contributed by atoms with Crippen molar-refractivity contribution < 1.29 is 4.79 Å². The molecule has 0 saturated heterocycles. The van der Waals surface area contributed by atoms with Crippen LogP contribution in [0.2, 0.25) is 5.02 Å². The highest BCUT2D eigenvalue weighted by molar-refractivity contribution is 6.31. The molecule has 2 heterocycles. The molecule has 0 bridgehead atoms. The molecule has 1 N–H and O–H groups in total. The lowest BCUT2D eigenvalue weighted by molar-refractivity contribution is 0.0952. The zero-order valence-electron chi connectivity index (χ0n) is 15.0. The fourth-order valence-corrected chi connectivity index (χ4v) is 3.69. The number of pyridine rings is 1. The molecule has 2 aromatic carbocycles. The number of hydrogen-bond donors (Lipinski definition) is 1. The molecule has 0 fully saturated rings. The maximum atomic E-state index is 13.0. The Morgan fingerprint density at radius 3 is 2.56 bits per heavy atom. The van der Waals surface area contributed by atoms with E-state index in [2.05, 4.69) is 5.32 Å². The molecule has 0 saturated carbocycles. The Labute approximate surface area is 160 Å². The van der Waals surface area contributed by atoms with Gasteiger partial charge in [-0.15, -0.1) is 0 Å². The molecule has 0 radical (unpaired) electrons. The van der Waals surface area contributed by atoms with Gasteiger partial charge < -0.3 is 14.5 Å². The summed E-state index contributed by atoms with van der Waals surface area (Å²) in [7, 11) is 3.50. The van der Waals surface area contributed by atoms with E-state index in [0.29, 0.717) is 28.0 Å². The van der Waals surface area contributed by atoms with E-state index in [-0.39, 0.29) is 11.5 Å². The van der Waals surface area contributed by atoms with E-state index in [4.69, 9.17) is 11.6 Å². The number of para-hydroxylation sites is 1. The minimum Gasteiger partial charge on any atom is -0.348 e. The molecule has 6 heteroatoms. The molecule has 0 spiro atoms. The normalized spacial score (nSPS) is 11.2. The maximum Gasteiger partial charge on any atom is 0.274 e. The quantitative estimate of drug-likeness (QED) is 0.591. The minimum atomic E-state index is -0.244. The summed E-state index contributed by atoms with van der Waals surface area (Å²) in [6.45, 7) is 0.313. The van der Waals surface area contributed by atoms with Gasteiger partial charge in [0.1, 0.15) is 5.52 Å². The summed E-state index contributed by atoms with van der Waals surface area (Å²) in [4.78, 5) is 25.7. The lowest BCUT2D eigenvalue weighted by Crippen LogP contribution is -2.27. The van der Waals surface area contributed by atoms with Gasteiger partial charge in [0.15, 0.2) is 0 Å². The fraction of sp³-hybridized carbons (Fsp3) is 0.143. The maximum absolute atomic E-state index is 13.0. The van der Waals surface area contributed by atoms with Crippen LogP contribution in [0.4, 0.5) is 0 Å². The summed E-state index contributed by atoms with van der Waals surface area (Å²) in [5.41, 5.74) is 2.61. The van der Waals surface area contributed by atoms with Crippen molar-refractivity contribution in [2.24, 2.45) is 14.1 Å². The lowest BCUT2D eigenvalue weighted by Gasteiger charge is -2.10. The smallest absolute Gasteiger partial charge is 0.274 e. The Kier molecular flexibility index (Phi) is 4.24. The highest BCUT2D eigenvalue weighted by Gasteiger charge is 2.20. The van der Waals surface area contributed by atoms with Crippen LogP contribution in [-0.2, 0) is 20.6 Å². The van der Waals surface area contributed by atoms with Crippen LogP contribution in [0.1, 0.15) is 15.9 Å². The number of nitrogens with one attached hydrogen (secondary N) is 1. The van der Waals surface area contributed by atoms with Crippen molar-refractivity contribution >= 4 is 39.3 Å². The molecule has 4 rings (SSSR count). The molecule has 5 nitrogen and oxygen atoms in total. The van der Waals surface area contributed by atoms with Crippen molar-refractivity contribution in [3.8, 4) is 0 Å². The number of nitrogens with zero attached hydrogens (tertiary/aromatic N) is 2. The zero-order chi connectivity index (χ0) is 19.1. The predicted molar refractivity (Wildman–Crippen MR) is 108 cm³/mol. The Morgan fingerprint density at radius 1 is 1.07 bits per heavy atom. The van der Waals surface area contributed by atoms with Crippen LogP contribution in [0, 0.1) is 0 Å². The van der Waals surface area contributed by atoms with E-state index < -0.39 is 0 Å². The Balaban J connectivity index is 1.85. The van der Waals surface area contributed by atoms with Crippen LogP contribution in [0.5, 0.6) is 0 Å². The van der Waals surface area contributed by atoms with Gasteiger partial charge in [-0.25, -0.2) is 0 Å². The second-order valence-electron chi connectivity index (χ2n) is 6.53. The van der Waals surface area contributed by atoms with Gasteiger partial charge in [-0.1, -0.05) is 48.0 Å². The molecular formula is C21H18ClN3O2. The third-order valence-electron chi connectivity index (χ3n) is 4.86. The monoisotopic (exact) mass is 379 g/mol. The van der Waals surface area contributed by atoms with Crippen molar-refractivity contribution in [2.75, 3.05) is 0 Å². The summed E-state index contributed by atoms with van der Waals surface area (Å²) < 4.78 is 3.30. The van der Waals surface area contributed by atoms with E-state index in [1.165, 1.54) is 4.57 Å². The molecular weight excluding hydrogens is 362 g/mol. The molecule has 0 aliphatic heterocycles. The number of benzene rings is 2. The highest BCUT2D eigenvalue weighted by atomic mass is 35.5. The molecule has 2 aromatic heterocycles. The van der Waals surface area contributed by atoms with Gasteiger partial charge in [0, 0.05) is 48.1 Å². The topological polar surface area (TPSA) is 56.0 Å². The first kappa shape index (κ1) is 17.4. The van der Waals surface area contributed by atoms with Crippen LogP contribution in [-0.4, -0.2) is 15.0 Å². The van der Waals surface area contributed by atoms with Gasteiger partial charge >= 0.3 is 0 Å². The average Bonchev–Trinajstić information content (AvgIpc) is 2.97. The van der Waals surface area contributed by atoms with Crippen molar-refractivity contribution in [1.29, 1.82) is 0 Å². The second kappa shape index (κ2) is 6.59. The van der Waals surface area contributed by atoms with Gasteiger partial charge in [0.05, 0.1) is 5.56 Å². The van der Waals surface area contributed by atoms with Crippen LogP contribution in [0.3, 0.4) is 0 Å². The lowest BCUT2D eigenvalue weighted by atomic mass is 10.1. The van der Waals surface area contributed by atoms with Crippen LogP contribution in [0.15, 0.2) is 59.5 Å². The summed E-state index contributed by atoms with van der Waals surface area (Å²) >= 11 is 6.18. The van der Waals surface area contributed by atoms with E-state index in [1.807, 2.05) is 54.1 Å². The van der Waals surface area contributed by atoms with Crippen molar-refractivity contribution in [2.45, 2.75) is 6.54 Å². The minimum absolute atomic E-state index is 0.133. The fourth-order valence-electron chi connectivity index (χ4n) is 3.48. The van der Waals surface area contributed by atoms with Gasteiger partial charge in [0.25, 0.3) is 11.5 Å². The van der Waals surface area contributed by atoms with Crippen molar-refractivity contribution in [3.05, 3.63) is 81.2 Å². The number of hydrogen-bond acceptors (Lipinski definition) is 2. The summed E-state index contributed by atoms with van der Waals surface area (Å²) in [6.07, 6.45) is 1.60. The number of amides is 1. The SMILES string of the molecule is Cn1cc(C(=O)NCc2ccccc2Cl)c2c3ccccc3n(C)c2c1=O. The van der Waals surface area contributed by atoms with E-state index in [0.717, 1.165) is 16.5 Å². The number of aromatic nitrogens is 2. The Bertz CT molecular complexity index is 1250. The molecule has 0 aliphatic rings. The molecule has 1 amide bonds. The van der Waals surface area contributed by atoms with E-state index >= 15 is 0 Å². The standard InChI is InChI=1S/C21H18ClN3O2/c1-24-12-15(20(26)23-11-13-7-3-5-9-16(13)22)18-14-8-4-6-10-17(14)25(2)19(18)21(24)27/h3-10,12H,11H2,1-2H3,(H,23,26). The first-order chi connectivity index (χ1) is 13.0. The number of aryl methyl sites for hydroxylation is 2. The summed E-state index contributed by atoms with van der Waals surface area (Å²) in [5.74, 6) is -0.244. The van der Waals surface area contributed by atoms with Gasteiger partial charge in [-0.05, 0) is 17.7 Å². The van der Waals surface area contributed by atoms with Crippen molar-refractivity contribution in [3.63, 3.8) is 0 Å². The molecule has 4 aromatic rings. The average molecular weight is 380 g/mol. The predicted octanol–water partition coefficient (Wildman–Crippen LogP) is 3.61. The number of carbonyl (C=O) groups excluding carboxylic acids is 1. The Morgan fingerprint density at radius 2 is 1.78 bits per heavy atom. The summed E-state index contributed by atoms with van der Waals surface area (Å²) in [5, 5.41) is 5.08. The number of fused-ring (bicyclic) bond motifs is 3. The van der Waals surface area contributed by atoms with Gasteiger partial charge in [-0.3, -0.25) is 9.59 Å². The van der Waals surface area contributed by atoms with Crippen LogP contribution < -0.4 is 10.9 Å². The summed E-state index contributed by atoms with van der Waals surface area (Å²) in [6, 6.07) is 15.1. The molecule has 0 aliphatic carbocycles. The molecule has 27 heavy (non-hydrogen) atoms. The van der Waals surface area contributed by atoms with E-state index in [1.54, 1.807) is 19.3 Å². The third-order valence-corrected chi connectivity index (χ3v) is 5.23. The first-order valence-corrected chi connectivity index (χ1v) is 8.95. The largest absolute Gasteiger partial charge is 0.348 e. The zero-order valence-corrected chi connectivity index (χ0v) is 15.7. The third kappa shape index (κ3) is 2.80. The van der Waals surface area contributed by atoms with Gasteiger partial charge in [-0.2, -0.15) is 0 Å².